The number of hydrogen-bond donors (Lipinski definition) is 0. The first-order valence-electron chi connectivity index (χ1n) is 0.154. The molecule has 0 aromatic rings. The van der Waals surface area contributed by atoms with Gasteiger partial charge in [0, 0.05) is 33.6 Å². The molecule has 0 aromatic carbocycles. The second-order valence-corrected chi connectivity index (χ2v) is 0. The van der Waals surface area contributed by atoms with Gasteiger partial charge in [-0.3, -0.25) is 0 Å². The second-order valence-electron chi connectivity index (χ2n) is 0. The molecule has 0 amide bonds. The van der Waals surface area contributed by atoms with Gasteiger partial charge in [0.05, 0.1) is 0 Å². The van der Waals surface area contributed by atoms with E-state index in [1.54, 1.807) is 15.9 Å². The summed E-state index contributed by atoms with van der Waals surface area (Å²) in [5.41, 5.74) is 0. The molecule has 0 saturated carbocycles. The number of rotatable bonds is 0. The van der Waals surface area contributed by atoms with E-state index in [4.69, 9.17) is 3.83 Å². The van der Waals surface area contributed by atoms with Crippen LogP contribution in [0.1, 0.15) is 1.43 Å². The van der Waals surface area contributed by atoms with Crippen LogP contribution in [0.4, 0.5) is 0 Å². The van der Waals surface area contributed by atoms with E-state index in [9.17, 15) is 0 Å². The van der Waals surface area contributed by atoms with Crippen LogP contribution in [-0.4, -0.2) is 0 Å². The fourth-order valence-electron chi connectivity index (χ4n) is 0. The molecule has 0 spiro atoms. The Labute approximate surface area is 83.2 Å². The normalized spacial score (nSPS) is 0.800. The van der Waals surface area contributed by atoms with Crippen molar-refractivity contribution in [2.45, 2.75) is 0 Å². The molecule has 0 fully saturated rings. The van der Waals surface area contributed by atoms with Gasteiger partial charge < -0.3 is 1.43 Å². The van der Waals surface area contributed by atoms with Gasteiger partial charge in [0.15, 0.2) is 0 Å². The van der Waals surface area contributed by atoms with E-state index in [-0.39, 0.29) is 64.5 Å². The Balaban J connectivity index is -0.000000000833. The molecule has 0 unspecified atom stereocenters. The van der Waals surface area contributed by atoms with Crippen LogP contribution in [0, 0.1) is 0 Å². The minimum atomic E-state index is 0. The maximum atomic E-state index is 8.06. The molecule has 1 nitrogen and oxygen atoms in total. The monoisotopic (exact) mass is 209 g/mol. The molecule has 0 N–H and O–H groups in total. The summed E-state index contributed by atoms with van der Waals surface area (Å²) >= 11 is 1.69. The van der Waals surface area contributed by atoms with Crippen molar-refractivity contribution >= 4 is 0 Å². The van der Waals surface area contributed by atoms with Crippen molar-refractivity contribution in [2.75, 3.05) is 0 Å². The summed E-state index contributed by atoms with van der Waals surface area (Å²) in [5, 5.41) is 0. The summed E-state index contributed by atoms with van der Waals surface area (Å²) in [6, 6.07) is 0. The van der Waals surface area contributed by atoms with Crippen molar-refractivity contribution < 1.29 is 84.3 Å². The van der Waals surface area contributed by atoms with E-state index >= 15 is 0 Å². The van der Waals surface area contributed by atoms with Crippen LogP contribution in [0.15, 0.2) is 0 Å². The van der Waals surface area contributed by atoms with Crippen molar-refractivity contribution in [1.29, 1.82) is 0 Å². The molecule has 0 atom stereocenters. The van der Waals surface area contributed by atoms with Gasteiger partial charge in [-0.2, -0.15) is 0 Å². The third-order valence-corrected chi connectivity index (χ3v) is 0. The van der Waals surface area contributed by atoms with Gasteiger partial charge in [0.25, 0.3) is 0 Å². The van der Waals surface area contributed by atoms with Crippen LogP contribution in [0.25, 0.3) is 0 Å². The van der Waals surface area contributed by atoms with Gasteiger partial charge in [0.1, 0.15) is 0 Å². The zero-order chi connectivity index (χ0) is 2.00. The van der Waals surface area contributed by atoms with Gasteiger partial charge in [-0.1, -0.05) is 0 Å². The van der Waals surface area contributed by atoms with E-state index in [0.29, 0.717) is 0 Å². The van der Waals surface area contributed by atoms with Crippen LogP contribution in [-0.2, 0) is 53.3 Å². The summed E-state index contributed by atoms with van der Waals surface area (Å²) in [6.07, 6.45) is 0. The zero-order valence-electron chi connectivity index (χ0n) is 3.46. The Morgan fingerprint density at radius 3 is 1.40 bits per heavy atom. The van der Waals surface area contributed by atoms with Crippen molar-refractivity contribution in [1.82, 2.24) is 0 Å². The average molecular weight is 209 g/mol. The van der Waals surface area contributed by atoms with E-state index in [1.807, 2.05) is 0 Å². The fourth-order valence-corrected chi connectivity index (χ4v) is 0. The molecular formula is HFeMnNaNiO. The quantitative estimate of drug-likeness (QED) is 0.389. The molecule has 0 bridgehead atoms. The van der Waals surface area contributed by atoms with Gasteiger partial charge in [-0.25, -0.2) is 0 Å². The molecule has 33 valence electrons. The Kier molecular flexibility index (Phi) is 175. The molecular weight excluding hydrogens is 208 g/mol. The first-order valence-corrected chi connectivity index (χ1v) is 0.636. The summed E-state index contributed by atoms with van der Waals surface area (Å²) in [5.74, 6) is 0. The molecule has 0 saturated heterocycles. The third kappa shape index (κ3) is 21.8. The molecule has 0 heterocycles. The van der Waals surface area contributed by atoms with Crippen molar-refractivity contribution in [3.63, 3.8) is 0 Å². The molecule has 0 rings (SSSR count). The first-order chi connectivity index (χ1) is 1.00. The molecule has 5 heavy (non-hydrogen) atoms. The van der Waals surface area contributed by atoms with Crippen molar-refractivity contribution in [3.05, 3.63) is 0 Å². The predicted molar refractivity (Wildman–Crippen MR) is 1.80 cm³/mol. The van der Waals surface area contributed by atoms with Crippen LogP contribution < -0.4 is 29.6 Å². The van der Waals surface area contributed by atoms with Crippen LogP contribution >= 0.6 is 0 Å². The Hall–Kier alpha value is 2.33. The molecule has 0 radical (unpaired) electrons. The SMILES string of the molecule is [Fe].[H-].[Na+].[Ni].[O]=[Mn]. The van der Waals surface area contributed by atoms with Gasteiger partial charge in [-0.15, -0.1) is 0 Å². The Bertz CT molecular complexity index is 15.5. The molecule has 0 aliphatic rings. The van der Waals surface area contributed by atoms with Crippen molar-refractivity contribution in [3.8, 4) is 0 Å². The Morgan fingerprint density at radius 1 is 1.40 bits per heavy atom. The summed E-state index contributed by atoms with van der Waals surface area (Å²) in [4.78, 5) is 0. The van der Waals surface area contributed by atoms with E-state index in [1.165, 1.54) is 0 Å². The zero-order valence-corrected chi connectivity index (χ0v) is 7.73. The molecule has 0 aromatic heterocycles. The van der Waals surface area contributed by atoms with Crippen LogP contribution in [0.5, 0.6) is 0 Å². The summed E-state index contributed by atoms with van der Waals surface area (Å²) in [6.45, 7) is 0. The van der Waals surface area contributed by atoms with Crippen LogP contribution in [0.2, 0.25) is 0 Å². The van der Waals surface area contributed by atoms with E-state index < -0.39 is 0 Å². The van der Waals surface area contributed by atoms with Crippen LogP contribution in [0.3, 0.4) is 0 Å². The fraction of sp³-hybridized carbons (Fsp3) is 0. The standard InChI is InChI=1S/Fe.Mn.Na.Ni.O.H/q;;+1;;;-1. The first kappa shape index (κ1) is 26.5. The topological polar surface area (TPSA) is 17.1 Å². The maximum absolute atomic E-state index is 8.06. The number of hydrogen-bond acceptors (Lipinski definition) is 1. The Morgan fingerprint density at radius 2 is 1.40 bits per heavy atom. The van der Waals surface area contributed by atoms with E-state index in [2.05, 4.69) is 0 Å². The minimum absolute atomic E-state index is 0. The van der Waals surface area contributed by atoms with Crippen molar-refractivity contribution in [2.24, 2.45) is 0 Å². The summed E-state index contributed by atoms with van der Waals surface area (Å²) < 4.78 is 8.06. The molecule has 0 aliphatic carbocycles. The summed E-state index contributed by atoms with van der Waals surface area (Å²) in [7, 11) is 0. The molecule has 0 aliphatic heterocycles. The second kappa shape index (κ2) is 33.1. The van der Waals surface area contributed by atoms with Gasteiger partial charge in [-0.05, 0) is 0 Å². The van der Waals surface area contributed by atoms with E-state index in [0.717, 1.165) is 0 Å². The van der Waals surface area contributed by atoms with Gasteiger partial charge in [0.2, 0.25) is 0 Å². The van der Waals surface area contributed by atoms with Gasteiger partial charge >= 0.3 is 49.3 Å². The third-order valence-electron chi connectivity index (χ3n) is 0. The predicted octanol–water partition coefficient (Wildman–Crippen LogP) is -3.01. The average Bonchev–Trinajstić information content (AvgIpc) is 1.00. The molecule has 5 heteroatoms.